The predicted molar refractivity (Wildman–Crippen MR) is 68.3 cm³/mol. The number of nitrogens with one attached hydrogen (secondary N) is 1. The van der Waals surface area contributed by atoms with Crippen LogP contribution in [0, 0.1) is 15.9 Å². The molecule has 0 bridgehead atoms. The lowest BCUT2D eigenvalue weighted by atomic mass is 10.3. The Kier molecular flexibility index (Phi) is 5.85. The van der Waals surface area contributed by atoms with Crippen LogP contribution in [0.3, 0.4) is 0 Å². The summed E-state index contributed by atoms with van der Waals surface area (Å²) in [4.78, 5) is 20.7. The first-order valence-electron chi connectivity index (χ1n) is 5.98. The van der Waals surface area contributed by atoms with Crippen LogP contribution in [0.5, 0.6) is 5.75 Å². The molecule has 0 spiro atoms. The number of aliphatic carboxylic acids is 1. The van der Waals surface area contributed by atoms with Crippen LogP contribution in [0.4, 0.5) is 10.1 Å². The summed E-state index contributed by atoms with van der Waals surface area (Å²) in [6.45, 7) is 2.09. The van der Waals surface area contributed by atoms with Crippen molar-refractivity contribution < 1.29 is 24.0 Å². The number of benzene rings is 1. The zero-order chi connectivity index (χ0) is 15.1. The Morgan fingerprint density at radius 1 is 1.60 bits per heavy atom. The lowest BCUT2D eigenvalue weighted by Gasteiger charge is -2.15. The minimum Gasteiger partial charge on any atom is -0.488 e. The van der Waals surface area contributed by atoms with E-state index in [0.29, 0.717) is 6.54 Å². The molecule has 20 heavy (non-hydrogen) atoms. The summed E-state index contributed by atoms with van der Waals surface area (Å²) < 4.78 is 18.6. The van der Waals surface area contributed by atoms with Crippen molar-refractivity contribution in [2.75, 3.05) is 13.2 Å². The number of rotatable bonds is 8. The normalized spacial score (nSPS) is 11.9. The number of hydrogen-bond acceptors (Lipinski definition) is 5. The maximum absolute atomic E-state index is 13.5. The van der Waals surface area contributed by atoms with E-state index in [1.165, 1.54) is 0 Å². The van der Waals surface area contributed by atoms with Crippen molar-refractivity contribution in [3.63, 3.8) is 0 Å². The highest BCUT2D eigenvalue weighted by Crippen LogP contribution is 2.22. The number of nitrogens with zero attached hydrogens (tertiary/aromatic N) is 1. The van der Waals surface area contributed by atoms with Gasteiger partial charge < -0.3 is 15.2 Å². The van der Waals surface area contributed by atoms with Crippen molar-refractivity contribution in [3.05, 3.63) is 34.1 Å². The van der Waals surface area contributed by atoms with Gasteiger partial charge in [-0.2, -0.15) is 0 Å². The molecule has 0 saturated carbocycles. The number of nitro groups is 1. The van der Waals surface area contributed by atoms with Crippen LogP contribution < -0.4 is 10.1 Å². The van der Waals surface area contributed by atoms with Crippen molar-refractivity contribution in [3.8, 4) is 5.75 Å². The zero-order valence-corrected chi connectivity index (χ0v) is 10.8. The van der Waals surface area contributed by atoms with Crippen molar-refractivity contribution in [1.82, 2.24) is 5.32 Å². The highest BCUT2D eigenvalue weighted by molar-refractivity contribution is 5.73. The minimum absolute atomic E-state index is 0.222. The first-order valence-corrected chi connectivity index (χ1v) is 5.98. The number of hydrogen-bond donors (Lipinski definition) is 2. The molecule has 1 unspecified atom stereocenters. The SMILES string of the molecule is CCCNC(COc1ccc([N+](=O)[O-])cc1F)C(=O)O. The number of nitro benzene ring substituents is 1. The number of carboxylic acids is 1. The summed E-state index contributed by atoms with van der Waals surface area (Å²) in [7, 11) is 0. The lowest BCUT2D eigenvalue weighted by molar-refractivity contribution is -0.385. The number of ether oxygens (including phenoxy) is 1. The Morgan fingerprint density at radius 3 is 2.80 bits per heavy atom. The van der Waals surface area contributed by atoms with Crippen LogP contribution in [0.1, 0.15) is 13.3 Å². The maximum Gasteiger partial charge on any atom is 0.324 e. The largest absolute Gasteiger partial charge is 0.488 e. The Bertz CT molecular complexity index is 495. The standard InChI is InChI=1S/C12H15FN2O5/c1-2-5-14-10(12(16)17)7-20-11-4-3-8(15(18)19)6-9(11)13/h3-4,6,10,14H,2,5,7H2,1H3,(H,16,17). The monoisotopic (exact) mass is 286 g/mol. The molecule has 7 nitrogen and oxygen atoms in total. The van der Waals surface area contributed by atoms with E-state index < -0.39 is 28.4 Å². The van der Waals surface area contributed by atoms with Crippen molar-refractivity contribution in [1.29, 1.82) is 0 Å². The van der Waals surface area contributed by atoms with Crippen LogP contribution in [-0.4, -0.2) is 35.2 Å². The molecule has 1 aromatic rings. The fourth-order valence-electron chi connectivity index (χ4n) is 1.43. The molecule has 1 aromatic carbocycles. The lowest BCUT2D eigenvalue weighted by Crippen LogP contribution is -2.41. The van der Waals surface area contributed by atoms with E-state index in [1.54, 1.807) is 0 Å². The van der Waals surface area contributed by atoms with Crippen LogP contribution >= 0.6 is 0 Å². The van der Waals surface area contributed by atoms with Gasteiger partial charge >= 0.3 is 5.97 Å². The molecule has 2 N–H and O–H groups in total. The summed E-state index contributed by atoms with van der Waals surface area (Å²) in [5, 5.41) is 22.1. The van der Waals surface area contributed by atoms with E-state index in [1.807, 2.05) is 6.92 Å². The fraction of sp³-hybridized carbons (Fsp3) is 0.417. The molecule has 0 aliphatic carbocycles. The molecule has 110 valence electrons. The predicted octanol–water partition coefficient (Wildman–Crippen LogP) is 1.57. The average molecular weight is 286 g/mol. The molecule has 0 heterocycles. The molecule has 0 amide bonds. The third kappa shape index (κ3) is 4.47. The Morgan fingerprint density at radius 2 is 2.30 bits per heavy atom. The summed E-state index contributed by atoms with van der Waals surface area (Å²) in [5.74, 6) is -2.24. The Hall–Kier alpha value is -2.22. The second-order valence-corrected chi connectivity index (χ2v) is 4.03. The van der Waals surface area contributed by atoms with Gasteiger partial charge in [0.25, 0.3) is 5.69 Å². The first kappa shape index (κ1) is 15.8. The van der Waals surface area contributed by atoms with Gasteiger partial charge in [-0.05, 0) is 19.0 Å². The molecule has 1 atom stereocenters. The molecule has 0 aliphatic heterocycles. The fourth-order valence-corrected chi connectivity index (χ4v) is 1.43. The van der Waals surface area contributed by atoms with Crippen LogP contribution in [0.25, 0.3) is 0 Å². The van der Waals surface area contributed by atoms with Crippen LogP contribution in [0.15, 0.2) is 18.2 Å². The van der Waals surface area contributed by atoms with Gasteiger partial charge in [0.2, 0.25) is 0 Å². The number of carbonyl (C=O) groups is 1. The molecule has 1 rings (SSSR count). The molecule has 0 aliphatic rings. The molecule has 0 saturated heterocycles. The highest BCUT2D eigenvalue weighted by Gasteiger charge is 2.19. The quantitative estimate of drug-likeness (QED) is 0.555. The van der Waals surface area contributed by atoms with Gasteiger partial charge in [-0.1, -0.05) is 6.92 Å². The number of halogens is 1. The van der Waals surface area contributed by atoms with Gasteiger partial charge in [0.05, 0.1) is 11.0 Å². The summed E-state index contributed by atoms with van der Waals surface area (Å²) in [6.07, 6.45) is 0.746. The molecule has 0 aromatic heterocycles. The summed E-state index contributed by atoms with van der Waals surface area (Å²) >= 11 is 0. The zero-order valence-electron chi connectivity index (χ0n) is 10.8. The van der Waals surface area contributed by atoms with E-state index in [-0.39, 0.29) is 12.4 Å². The van der Waals surface area contributed by atoms with Crippen molar-refractivity contribution in [2.45, 2.75) is 19.4 Å². The van der Waals surface area contributed by atoms with E-state index in [9.17, 15) is 19.3 Å². The average Bonchev–Trinajstić information content (AvgIpc) is 2.39. The van der Waals surface area contributed by atoms with E-state index in [0.717, 1.165) is 24.6 Å². The Labute approximate surface area is 114 Å². The second-order valence-electron chi connectivity index (χ2n) is 4.03. The topological polar surface area (TPSA) is 102 Å². The van der Waals surface area contributed by atoms with Crippen LogP contribution in [0.2, 0.25) is 0 Å². The molecule has 0 radical (unpaired) electrons. The summed E-state index contributed by atoms with van der Waals surface area (Å²) in [5.41, 5.74) is -0.395. The van der Waals surface area contributed by atoms with Gasteiger partial charge in [-0.15, -0.1) is 0 Å². The molecule has 8 heteroatoms. The van der Waals surface area contributed by atoms with Gasteiger partial charge in [-0.3, -0.25) is 14.9 Å². The third-order valence-electron chi connectivity index (χ3n) is 2.47. The molecular weight excluding hydrogens is 271 g/mol. The van der Waals surface area contributed by atoms with Crippen LogP contribution in [-0.2, 0) is 4.79 Å². The van der Waals surface area contributed by atoms with Gasteiger partial charge in [-0.25, -0.2) is 4.39 Å². The highest BCUT2D eigenvalue weighted by atomic mass is 19.1. The van der Waals surface area contributed by atoms with E-state index in [4.69, 9.17) is 9.84 Å². The van der Waals surface area contributed by atoms with E-state index in [2.05, 4.69) is 5.32 Å². The second kappa shape index (κ2) is 7.39. The molecular formula is C12H15FN2O5. The maximum atomic E-state index is 13.5. The minimum atomic E-state index is -1.11. The van der Waals surface area contributed by atoms with Gasteiger partial charge in [0.15, 0.2) is 11.6 Å². The van der Waals surface area contributed by atoms with Gasteiger partial charge in [0.1, 0.15) is 12.6 Å². The summed E-state index contributed by atoms with van der Waals surface area (Å²) in [6, 6.07) is 1.95. The van der Waals surface area contributed by atoms with Gasteiger partial charge in [0, 0.05) is 6.07 Å². The number of non-ortho nitro benzene ring substituents is 1. The first-order chi connectivity index (χ1) is 9.45. The Balaban J connectivity index is 2.68. The third-order valence-corrected chi connectivity index (χ3v) is 2.47. The van der Waals surface area contributed by atoms with E-state index >= 15 is 0 Å². The van der Waals surface area contributed by atoms with Crippen molar-refractivity contribution >= 4 is 11.7 Å². The number of carboxylic acid groups (broad SMARTS) is 1. The van der Waals surface area contributed by atoms with Crippen molar-refractivity contribution in [2.24, 2.45) is 0 Å². The smallest absolute Gasteiger partial charge is 0.324 e. The molecule has 0 fully saturated rings.